The summed E-state index contributed by atoms with van der Waals surface area (Å²) in [7, 11) is 5.03. The maximum Gasteiger partial charge on any atom is 0.340 e. The van der Waals surface area contributed by atoms with Crippen LogP contribution in [0.3, 0.4) is 0 Å². The summed E-state index contributed by atoms with van der Waals surface area (Å²) < 4.78 is 15.7. The first-order valence-corrected chi connectivity index (χ1v) is 5.84. The number of rotatable bonds is 3. The fourth-order valence-electron chi connectivity index (χ4n) is 1.64. The fraction of sp³-hybridized carbons (Fsp3) is 0.385. The highest BCUT2D eigenvalue weighted by Gasteiger charge is 2.19. The second kappa shape index (κ2) is 5.60. The van der Waals surface area contributed by atoms with Crippen LogP contribution >= 0.6 is 0 Å². The van der Waals surface area contributed by atoms with Crippen LogP contribution in [0, 0.1) is 0 Å². The Bertz CT molecular complexity index is 512. The van der Waals surface area contributed by atoms with Crippen LogP contribution in [0.4, 0.5) is 5.69 Å². The van der Waals surface area contributed by atoms with E-state index in [0.29, 0.717) is 36.0 Å². The normalized spacial score (nSPS) is 13.4. The summed E-state index contributed by atoms with van der Waals surface area (Å²) in [5.74, 6) is 0.670. The highest BCUT2D eigenvalue weighted by atomic mass is 16.6. The van der Waals surface area contributed by atoms with Crippen LogP contribution in [0.2, 0.25) is 0 Å². The van der Waals surface area contributed by atoms with E-state index in [-0.39, 0.29) is 0 Å². The molecule has 1 aliphatic rings. The Morgan fingerprint density at radius 2 is 1.95 bits per heavy atom. The van der Waals surface area contributed by atoms with Gasteiger partial charge >= 0.3 is 5.97 Å². The summed E-state index contributed by atoms with van der Waals surface area (Å²) in [4.78, 5) is 17.8. The number of hydrogen-bond donors (Lipinski definition) is 0. The Morgan fingerprint density at radius 1 is 1.32 bits per heavy atom. The van der Waals surface area contributed by atoms with Gasteiger partial charge in [0.1, 0.15) is 13.2 Å². The highest BCUT2D eigenvalue weighted by molar-refractivity contribution is 5.96. The number of ether oxygens (including phenoxy) is 3. The first-order valence-electron chi connectivity index (χ1n) is 5.84. The summed E-state index contributed by atoms with van der Waals surface area (Å²) in [6.07, 6.45) is 1.61. The number of aliphatic imine (C=N–C) groups is 1. The molecule has 1 heterocycles. The minimum absolute atomic E-state index is 0.352. The standard InChI is InChI=1S/C13H16N2O4/c1-15(2)8-14-10-7-12-11(18-4-5-19-12)6-9(10)13(16)17-3/h6-8H,4-5H2,1-3H3. The Labute approximate surface area is 111 Å². The smallest absolute Gasteiger partial charge is 0.340 e. The molecule has 6 nitrogen and oxygen atoms in total. The lowest BCUT2D eigenvalue weighted by atomic mass is 10.1. The number of carbonyl (C=O) groups excluding carboxylic acids is 1. The van der Waals surface area contributed by atoms with Crippen molar-refractivity contribution in [2.24, 2.45) is 4.99 Å². The van der Waals surface area contributed by atoms with Crippen molar-refractivity contribution in [1.29, 1.82) is 0 Å². The topological polar surface area (TPSA) is 60.4 Å². The van der Waals surface area contributed by atoms with Crippen LogP contribution < -0.4 is 9.47 Å². The first kappa shape index (κ1) is 13.2. The number of hydrogen-bond acceptors (Lipinski definition) is 5. The van der Waals surface area contributed by atoms with E-state index in [1.165, 1.54) is 7.11 Å². The Hall–Kier alpha value is -2.24. The molecule has 0 saturated heterocycles. The average Bonchev–Trinajstić information content (AvgIpc) is 2.43. The third-order valence-corrected chi connectivity index (χ3v) is 2.49. The van der Waals surface area contributed by atoms with Crippen molar-refractivity contribution in [2.75, 3.05) is 34.4 Å². The zero-order chi connectivity index (χ0) is 13.8. The molecule has 0 spiro atoms. The van der Waals surface area contributed by atoms with Crippen LogP contribution in [0.15, 0.2) is 17.1 Å². The van der Waals surface area contributed by atoms with E-state index < -0.39 is 5.97 Å². The van der Waals surface area contributed by atoms with Gasteiger partial charge in [0.15, 0.2) is 11.5 Å². The van der Waals surface area contributed by atoms with Gasteiger partial charge in [0.25, 0.3) is 0 Å². The number of esters is 1. The van der Waals surface area contributed by atoms with Gasteiger partial charge in [-0.1, -0.05) is 0 Å². The molecule has 19 heavy (non-hydrogen) atoms. The molecular weight excluding hydrogens is 248 g/mol. The Morgan fingerprint density at radius 3 is 2.53 bits per heavy atom. The largest absolute Gasteiger partial charge is 0.486 e. The van der Waals surface area contributed by atoms with E-state index >= 15 is 0 Å². The van der Waals surface area contributed by atoms with Crippen molar-refractivity contribution in [3.63, 3.8) is 0 Å². The van der Waals surface area contributed by atoms with E-state index in [0.717, 1.165) is 0 Å². The number of fused-ring (bicyclic) bond motifs is 1. The number of benzene rings is 1. The summed E-state index contributed by atoms with van der Waals surface area (Å²) in [6.45, 7) is 0.954. The molecule has 6 heteroatoms. The molecule has 0 radical (unpaired) electrons. The van der Waals surface area contributed by atoms with Crippen LogP contribution in [0.5, 0.6) is 11.5 Å². The molecule has 0 aliphatic carbocycles. The molecule has 0 saturated carbocycles. The van der Waals surface area contributed by atoms with Crippen molar-refractivity contribution in [3.05, 3.63) is 17.7 Å². The van der Waals surface area contributed by atoms with Crippen molar-refractivity contribution in [3.8, 4) is 11.5 Å². The van der Waals surface area contributed by atoms with Crippen molar-refractivity contribution >= 4 is 18.0 Å². The van der Waals surface area contributed by atoms with Gasteiger partial charge in [-0.15, -0.1) is 0 Å². The molecule has 1 aromatic rings. The first-order chi connectivity index (χ1) is 9.11. The molecule has 1 aliphatic heterocycles. The Kier molecular flexibility index (Phi) is 3.89. The predicted octanol–water partition coefficient (Wildman–Crippen LogP) is 1.47. The lowest BCUT2D eigenvalue weighted by Crippen LogP contribution is -2.16. The predicted molar refractivity (Wildman–Crippen MR) is 70.6 cm³/mol. The van der Waals surface area contributed by atoms with Gasteiger partial charge in [-0.05, 0) is 0 Å². The summed E-state index contributed by atoms with van der Waals surface area (Å²) in [6, 6.07) is 3.28. The average molecular weight is 264 g/mol. The van der Waals surface area contributed by atoms with Crippen molar-refractivity contribution < 1.29 is 19.0 Å². The lowest BCUT2D eigenvalue weighted by molar-refractivity contribution is 0.0600. The monoisotopic (exact) mass is 264 g/mol. The lowest BCUT2D eigenvalue weighted by Gasteiger charge is -2.19. The molecule has 0 N–H and O–H groups in total. The second-order valence-electron chi connectivity index (χ2n) is 4.21. The third kappa shape index (κ3) is 2.96. The van der Waals surface area contributed by atoms with E-state index in [4.69, 9.17) is 14.2 Å². The summed E-state index contributed by atoms with van der Waals surface area (Å²) in [5.41, 5.74) is 0.842. The van der Waals surface area contributed by atoms with Crippen molar-refractivity contribution in [2.45, 2.75) is 0 Å². The van der Waals surface area contributed by atoms with Crippen LogP contribution in [-0.4, -0.2) is 51.6 Å². The minimum Gasteiger partial charge on any atom is -0.486 e. The van der Waals surface area contributed by atoms with E-state index in [2.05, 4.69) is 4.99 Å². The van der Waals surface area contributed by atoms with E-state index in [9.17, 15) is 4.79 Å². The zero-order valence-corrected chi connectivity index (χ0v) is 11.2. The molecule has 0 aromatic heterocycles. The van der Waals surface area contributed by atoms with Gasteiger partial charge in [0.05, 0.1) is 24.7 Å². The molecule has 102 valence electrons. The number of methoxy groups -OCH3 is 1. The molecule has 2 rings (SSSR count). The van der Waals surface area contributed by atoms with Crippen LogP contribution in [0.1, 0.15) is 10.4 Å². The van der Waals surface area contributed by atoms with Crippen LogP contribution in [0.25, 0.3) is 0 Å². The van der Waals surface area contributed by atoms with E-state index in [1.54, 1.807) is 23.4 Å². The molecule has 0 amide bonds. The number of carbonyl (C=O) groups is 1. The van der Waals surface area contributed by atoms with Gasteiger partial charge in [-0.25, -0.2) is 9.79 Å². The molecule has 0 unspecified atom stereocenters. The molecule has 0 fully saturated rings. The highest BCUT2D eigenvalue weighted by Crippen LogP contribution is 2.37. The summed E-state index contributed by atoms with van der Waals surface area (Å²) >= 11 is 0. The molecular formula is C13H16N2O4. The molecule has 0 bridgehead atoms. The number of nitrogens with zero attached hydrogens (tertiary/aromatic N) is 2. The minimum atomic E-state index is -0.456. The van der Waals surface area contributed by atoms with Gasteiger partial charge in [-0.2, -0.15) is 0 Å². The summed E-state index contributed by atoms with van der Waals surface area (Å²) in [5, 5.41) is 0. The molecule has 0 atom stereocenters. The Balaban J connectivity index is 2.45. The quantitative estimate of drug-likeness (QED) is 0.470. The van der Waals surface area contributed by atoms with Crippen molar-refractivity contribution in [1.82, 2.24) is 4.90 Å². The second-order valence-corrected chi connectivity index (χ2v) is 4.21. The van der Waals surface area contributed by atoms with Crippen LogP contribution in [-0.2, 0) is 4.74 Å². The maximum absolute atomic E-state index is 11.8. The maximum atomic E-state index is 11.8. The van der Waals surface area contributed by atoms with Gasteiger partial charge in [0.2, 0.25) is 0 Å². The molecule has 1 aromatic carbocycles. The van der Waals surface area contributed by atoms with Gasteiger partial charge in [0, 0.05) is 26.2 Å². The van der Waals surface area contributed by atoms with E-state index in [1.807, 2.05) is 14.1 Å². The van der Waals surface area contributed by atoms with Gasteiger partial charge < -0.3 is 19.1 Å². The fourth-order valence-corrected chi connectivity index (χ4v) is 1.64. The zero-order valence-electron chi connectivity index (χ0n) is 11.2. The third-order valence-electron chi connectivity index (χ3n) is 2.49. The van der Waals surface area contributed by atoms with Gasteiger partial charge in [-0.3, -0.25) is 0 Å². The SMILES string of the molecule is COC(=O)c1cc2c(cc1N=CN(C)C)OCCO2.